The molecule has 19 heavy (non-hydrogen) atoms. The summed E-state index contributed by atoms with van der Waals surface area (Å²) in [5, 5.41) is 0. The number of fused-ring (bicyclic) bond motifs is 1. The van der Waals surface area contributed by atoms with E-state index in [-0.39, 0.29) is 5.91 Å². The molecule has 1 amide bonds. The molecule has 1 aromatic carbocycles. The monoisotopic (exact) mass is 260 g/mol. The first kappa shape index (κ1) is 14.1. The lowest BCUT2D eigenvalue weighted by Crippen LogP contribution is -2.36. The number of rotatable bonds is 6. The van der Waals surface area contributed by atoms with Crippen molar-refractivity contribution >= 4 is 5.91 Å². The molecule has 1 aromatic rings. The smallest absolute Gasteiger partial charge is 0.253 e. The molecule has 0 saturated heterocycles. The number of hydrogen-bond acceptors (Lipinski definition) is 2. The average Bonchev–Trinajstić information content (AvgIpc) is 2.90. The number of hydrogen-bond donors (Lipinski definition) is 1. The fourth-order valence-electron chi connectivity index (χ4n) is 2.71. The summed E-state index contributed by atoms with van der Waals surface area (Å²) in [4.78, 5) is 14.4. The summed E-state index contributed by atoms with van der Waals surface area (Å²) in [6.07, 6.45) is 5.62. The van der Waals surface area contributed by atoms with Crippen LogP contribution in [-0.4, -0.2) is 30.4 Å². The van der Waals surface area contributed by atoms with E-state index in [1.165, 1.54) is 17.5 Å². The van der Waals surface area contributed by atoms with Gasteiger partial charge in [-0.3, -0.25) is 4.79 Å². The maximum Gasteiger partial charge on any atom is 0.253 e. The Labute approximate surface area is 115 Å². The van der Waals surface area contributed by atoms with Gasteiger partial charge in [-0.2, -0.15) is 0 Å². The molecule has 0 saturated carbocycles. The van der Waals surface area contributed by atoms with E-state index < -0.39 is 0 Å². The van der Waals surface area contributed by atoms with Crippen molar-refractivity contribution in [2.24, 2.45) is 5.73 Å². The van der Waals surface area contributed by atoms with Crippen LogP contribution in [0.3, 0.4) is 0 Å². The first-order chi connectivity index (χ1) is 9.26. The summed E-state index contributed by atoms with van der Waals surface area (Å²) < 4.78 is 0. The van der Waals surface area contributed by atoms with E-state index in [0.717, 1.165) is 37.8 Å². The Balaban J connectivity index is 2.11. The van der Waals surface area contributed by atoms with Gasteiger partial charge in [-0.25, -0.2) is 0 Å². The molecular formula is C16H24N2O. The van der Waals surface area contributed by atoms with Gasteiger partial charge in [0.15, 0.2) is 0 Å². The summed E-state index contributed by atoms with van der Waals surface area (Å²) >= 11 is 0. The molecule has 0 spiro atoms. The molecule has 2 rings (SSSR count). The number of amides is 1. The molecule has 104 valence electrons. The van der Waals surface area contributed by atoms with Gasteiger partial charge in [0, 0.05) is 25.2 Å². The van der Waals surface area contributed by atoms with Crippen molar-refractivity contribution in [1.29, 1.82) is 0 Å². The van der Waals surface area contributed by atoms with Crippen molar-refractivity contribution in [3.63, 3.8) is 0 Å². The summed E-state index contributed by atoms with van der Waals surface area (Å²) in [6, 6.07) is 6.18. The number of unbranched alkanes of at least 4 members (excludes halogenated alkanes) is 1. The van der Waals surface area contributed by atoms with E-state index >= 15 is 0 Å². The molecule has 0 unspecified atom stereocenters. The largest absolute Gasteiger partial charge is 0.337 e. The van der Waals surface area contributed by atoms with E-state index in [9.17, 15) is 4.79 Å². The first-order valence-electron chi connectivity index (χ1n) is 7.37. The molecule has 1 aliphatic carbocycles. The maximum absolute atomic E-state index is 12.5. The highest BCUT2D eigenvalue weighted by Crippen LogP contribution is 2.23. The van der Waals surface area contributed by atoms with E-state index in [4.69, 9.17) is 5.73 Å². The van der Waals surface area contributed by atoms with Crippen LogP contribution < -0.4 is 5.73 Å². The van der Waals surface area contributed by atoms with Gasteiger partial charge in [-0.05, 0) is 48.9 Å². The molecule has 3 nitrogen and oxygen atoms in total. The molecule has 0 aromatic heterocycles. The first-order valence-corrected chi connectivity index (χ1v) is 7.37. The van der Waals surface area contributed by atoms with Crippen molar-refractivity contribution in [2.75, 3.05) is 19.6 Å². The minimum Gasteiger partial charge on any atom is -0.337 e. The minimum absolute atomic E-state index is 0.133. The van der Waals surface area contributed by atoms with Crippen LogP contribution in [0.2, 0.25) is 0 Å². The molecule has 2 N–H and O–H groups in total. The molecule has 0 radical (unpaired) electrons. The number of nitrogens with zero attached hydrogens (tertiary/aromatic N) is 1. The predicted octanol–water partition coefficient (Wildman–Crippen LogP) is 2.38. The Hall–Kier alpha value is -1.35. The van der Waals surface area contributed by atoms with E-state index in [2.05, 4.69) is 19.1 Å². The van der Waals surface area contributed by atoms with Crippen LogP contribution in [-0.2, 0) is 12.8 Å². The van der Waals surface area contributed by atoms with Crippen molar-refractivity contribution in [3.05, 3.63) is 34.9 Å². The topological polar surface area (TPSA) is 46.3 Å². The molecule has 0 atom stereocenters. The zero-order valence-electron chi connectivity index (χ0n) is 11.8. The third-order valence-corrected chi connectivity index (χ3v) is 3.81. The molecule has 1 aliphatic rings. The zero-order valence-corrected chi connectivity index (χ0v) is 11.8. The molecule has 0 heterocycles. The highest BCUT2D eigenvalue weighted by atomic mass is 16.2. The Morgan fingerprint density at radius 1 is 1.26 bits per heavy atom. The van der Waals surface area contributed by atoms with Crippen molar-refractivity contribution in [2.45, 2.75) is 39.0 Å². The quantitative estimate of drug-likeness (QED) is 0.853. The van der Waals surface area contributed by atoms with E-state index in [1.54, 1.807) is 0 Å². The Kier molecular flexibility index (Phi) is 4.97. The fourth-order valence-corrected chi connectivity index (χ4v) is 2.71. The molecule has 0 aliphatic heterocycles. The van der Waals surface area contributed by atoms with Crippen LogP contribution in [0.4, 0.5) is 0 Å². The number of carbonyl (C=O) groups excluding carboxylic acids is 1. The van der Waals surface area contributed by atoms with Crippen molar-refractivity contribution < 1.29 is 4.79 Å². The van der Waals surface area contributed by atoms with E-state index in [1.807, 2.05) is 11.0 Å². The molecule has 3 heteroatoms. The molecule has 0 fully saturated rings. The third kappa shape index (κ3) is 3.35. The summed E-state index contributed by atoms with van der Waals surface area (Å²) in [6.45, 7) is 4.13. The lowest BCUT2D eigenvalue weighted by atomic mass is 10.1. The number of nitrogens with two attached hydrogens (primary N) is 1. The van der Waals surface area contributed by atoms with Gasteiger partial charge in [0.2, 0.25) is 0 Å². The van der Waals surface area contributed by atoms with Crippen molar-refractivity contribution in [3.8, 4) is 0 Å². The van der Waals surface area contributed by atoms with E-state index in [0.29, 0.717) is 13.1 Å². The van der Waals surface area contributed by atoms with Crippen molar-refractivity contribution in [1.82, 2.24) is 4.90 Å². The number of benzene rings is 1. The summed E-state index contributed by atoms with van der Waals surface area (Å²) in [5.74, 6) is 0.133. The summed E-state index contributed by atoms with van der Waals surface area (Å²) in [5.41, 5.74) is 9.21. The van der Waals surface area contributed by atoms with Gasteiger partial charge >= 0.3 is 0 Å². The van der Waals surface area contributed by atoms with Gasteiger partial charge in [0.25, 0.3) is 5.91 Å². The normalized spacial score (nSPS) is 13.4. The molecule has 0 bridgehead atoms. The molecular weight excluding hydrogens is 236 g/mol. The van der Waals surface area contributed by atoms with Crippen LogP contribution in [0.25, 0.3) is 0 Å². The summed E-state index contributed by atoms with van der Waals surface area (Å²) in [7, 11) is 0. The Morgan fingerprint density at radius 2 is 2.05 bits per heavy atom. The second-order valence-electron chi connectivity index (χ2n) is 5.27. The third-order valence-electron chi connectivity index (χ3n) is 3.81. The number of aryl methyl sites for hydroxylation is 2. The minimum atomic E-state index is 0.133. The van der Waals surface area contributed by atoms with Crippen LogP contribution in [0.1, 0.15) is 47.7 Å². The lowest BCUT2D eigenvalue weighted by molar-refractivity contribution is 0.0758. The standard InChI is InChI=1S/C16H24N2O/c1-2-3-10-18(11-9-17)16(19)15-8-7-13-5-4-6-14(13)12-15/h7-8,12H,2-6,9-11,17H2,1H3. The van der Waals surface area contributed by atoms with Crippen LogP contribution in [0.5, 0.6) is 0 Å². The van der Waals surface area contributed by atoms with Gasteiger partial charge in [0.1, 0.15) is 0 Å². The van der Waals surface area contributed by atoms with Crippen LogP contribution in [0.15, 0.2) is 18.2 Å². The maximum atomic E-state index is 12.5. The predicted molar refractivity (Wildman–Crippen MR) is 78.3 cm³/mol. The Bertz CT molecular complexity index is 442. The van der Waals surface area contributed by atoms with Gasteiger partial charge in [-0.1, -0.05) is 19.4 Å². The zero-order chi connectivity index (χ0) is 13.7. The second-order valence-corrected chi connectivity index (χ2v) is 5.27. The Morgan fingerprint density at radius 3 is 2.79 bits per heavy atom. The highest BCUT2D eigenvalue weighted by molar-refractivity contribution is 5.94. The van der Waals surface area contributed by atoms with Crippen LogP contribution >= 0.6 is 0 Å². The number of carbonyl (C=O) groups is 1. The lowest BCUT2D eigenvalue weighted by Gasteiger charge is -2.22. The van der Waals surface area contributed by atoms with Gasteiger partial charge in [-0.15, -0.1) is 0 Å². The average molecular weight is 260 g/mol. The SMILES string of the molecule is CCCCN(CCN)C(=O)c1ccc2c(c1)CCC2. The second kappa shape index (κ2) is 6.71. The van der Waals surface area contributed by atoms with Gasteiger partial charge in [0.05, 0.1) is 0 Å². The highest BCUT2D eigenvalue weighted by Gasteiger charge is 2.17. The van der Waals surface area contributed by atoms with Gasteiger partial charge < -0.3 is 10.6 Å². The fraction of sp³-hybridized carbons (Fsp3) is 0.562. The van der Waals surface area contributed by atoms with Crippen LogP contribution in [0, 0.1) is 0 Å².